The molecule has 0 aliphatic carbocycles. The van der Waals surface area contributed by atoms with E-state index in [2.05, 4.69) is 4.72 Å². The second-order valence-corrected chi connectivity index (χ2v) is 7.85. The Labute approximate surface area is 124 Å². The lowest BCUT2D eigenvalue weighted by Crippen LogP contribution is -2.32. The molecule has 1 aliphatic rings. The fraction of sp³-hybridized carbons (Fsp3) is 0.538. The highest BCUT2D eigenvalue weighted by atomic mass is 32.2. The average Bonchev–Trinajstić information content (AvgIpc) is 2.92. The molecule has 1 fully saturated rings. The Kier molecular flexibility index (Phi) is 5.71. The highest BCUT2D eigenvalue weighted by Crippen LogP contribution is 2.24. The molecule has 1 heterocycles. The molecule has 1 unspecified atom stereocenters. The molecule has 1 aliphatic heterocycles. The maximum absolute atomic E-state index is 11.9. The normalized spacial score (nSPS) is 19.3. The van der Waals surface area contributed by atoms with Crippen molar-refractivity contribution < 1.29 is 13.2 Å². The Morgan fingerprint density at radius 2 is 2.20 bits per heavy atom. The fourth-order valence-corrected chi connectivity index (χ4v) is 4.41. The summed E-state index contributed by atoms with van der Waals surface area (Å²) in [6, 6.07) is 7.47. The van der Waals surface area contributed by atoms with Crippen molar-refractivity contribution in [2.45, 2.75) is 11.3 Å². The van der Waals surface area contributed by atoms with Gasteiger partial charge in [0, 0.05) is 29.5 Å². The summed E-state index contributed by atoms with van der Waals surface area (Å²) in [5, 5.41) is 0. The summed E-state index contributed by atoms with van der Waals surface area (Å²) < 4.78 is 31.6. The van der Waals surface area contributed by atoms with E-state index in [0.29, 0.717) is 30.5 Å². The number of benzene rings is 1. The molecule has 7 heteroatoms. The summed E-state index contributed by atoms with van der Waals surface area (Å²) >= 11 is 1.46. The summed E-state index contributed by atoms with van der Waals surface area (Å²) in [5.41, 5.74) is 6.50. The van der Waals surface area contributed by atoms with Crippen molar-refractivity contribution >= 4 is 27.5 Å². The van der Waals surface area contributed by atoms with Crippen molar-refractivity contribution in [3.63, 3.8) is 0 Å². The van der Waals surface area contributed by atoms with E-state index in [1.807, 2.05) is 24.3 Å². The lowest BCUT2D eigenvalue weighted by Gasteiger charge is -2.10. The largest absolute Gasteiger partial charge is 0.398 e. The van der Waals surface area contributed by atoms with Crippen molar-refractivity contribution in [2.75, 3.05) is 37.0 Å². The Balaban J connectivity index is 1.73. The molecule has 1 aromatic rings. The first-order chi connectivity index (χ1) is 9.57. The van der Waals surface area contributed by atoms with Gasteiger partial charge in [-0.3, -0.25) is 0 Å². The quantitative estimate of drug-likeness (QED) is 0.586. The van der Waals surface area contributed by atoms with Crippen molar-refractivity contribution in [1.82, 2.24) is 4.72 Å². The van der Waals surface area contributed by atoms with Crippen molar-refractivity contribution in [3.05, 3.63) is 24.3 Å². The van der Waals surface area contributed by atoms with E-state index in [4.69, 9.17) is 10.5 Å². The average molecular weight is 316 g/mol. The van der Waals surface area contributed by atoms with Gasteiger partial charge in [0.25, 0.3) is 0 Å². The van der Waals surface area contributed by atoms with Gasteiger partial charge in [0.05, 0.1) is 12.4 Å². The van der Waals surface area contributed by atoms with E-state index in [9.17, 15) is 8.42 Å². The SMILES string of the molecule is Nc1ccccc1SCCS(=O)(=O)NCC1CCOC1. The third kappa shape index (κ3) is 4.97. The van der Waals surface area contributed by atoms with Crippen LogP contribution in [0, 0.1) is 5.92 Å². The second kappa shape index (κ2) is 7.31. The van der Waals surface area contributed by atoms with Gasteiger partial charge in [-0.15, -0.1) is 11.8 Å². The van der Waals surface area contributed by atoms with Crippen LogP contribution in [0.15, 0.2) is 29.2 Å². The Morgan fingerprint density at radius 1 is 1.40 bits per heavy atom. The molecule has 1 aromatic carbocycles. The van der Waals surface area contributed by atoms with E-state index < -0.39 is 10.0 Å². The summed E-state index contributed by atoms with van der Waals surface area (Å²) in [7, 11) is -3.22. The van der Waals surface area contributed by atoms with E-state index in [1.54, 1.807) is 0 Å². The third-order valence-electron chi connectivity index (χ3n) is 3.14. The number of ether oxygens (including phenoxy) is 1. The molecule has 1 saturated heterocycles. The van der Waals surface area contributed by atoms with E-state index in [0.717, 1.165) is 17.9 Å². The topological polar surface area (TPSA) is 81.4 Å². The minimum atomic E-state index is -3.22. The predicted molar refractivity (Wildman–Crippen MR) is 82.3 cm³/mol. The molecule has 20 heavy (non-hydrogen) atoms. The number of nitrogens with one attached hydrogen (secondary N) is 1. The van der Waals surface area contributed by atoms with Gasteiger partial charge in [-0.1, -0.05) is 12.1 Å². The first kappa shape index (κ1) is 15.6. The number of nitrogens with two attached hydrogens (primary N) is 1. The number of para-hydroxylation sites is 1. The molecule has 2 rings (SSSR count). The number of sulfonamides is 1. The zero-order valence-corrected chi connectivity index (χ0v) is 12.9. The number of hydrogen-bond acceptors (Lipinski definition) is 5. The Hall–Kier alpha value is -0.760. The number of thioether (sulfide) groups is 1. The van der Waals surface area contributed by atoms with E-state index in [-0.39, 0.29) is 5.75 Å². The molecule has 5 nitrogen and oxygen atoms in total. The van der Waals surface area contributed by atoms with Crippen LogP contribution < -0.4 is 10.5 Å². The van der Waals surface area contributed by atoms with Gasteiger partial charge in [-0.2, -0.15) is 0 Å². The van der Waals surface area contributed by atoms with Gasteiger partial charge in [0.2, 0.25) is 10.0 Å². The van der Waals surface area contributed by atoms with Crippen LogP contribution in [-0.4, -0.2) is 39.7 Å². The fourth-order valence-electron chi connectivity index (χ4n) is 1.93. The molecule has 0 saturated carbocycles. The van der Waals surface area contributed by atoms with Crippen LogP contribution in [-0.2, 0) is 14.8 Å². The van der Waals surface area contributed by atoms with E-state index in [1.165, 1.54) is 11.8 Å². The zero-order chi connectivity index (χ0) is 14.4. The molecular formula is C13H20N2O3S2. The van der Waals surface area contributed by atoms with Gasteiger partial charge in [0.15, 0.2) is 0 Å². The molecular weight excluding hydrogens is 296 g/mol. The zero-order valence-electron chi connectivity index (χ0n) is 11.2. The van der Waals surface area contributed by atoms with Crippen LogP contribution in [0.2, 0.25) is 0 Å². The van der Waals surface area contributed by atoms with Crippen LogP contribution in [0.1, 0.15) is 6.42 Å². The molecule has 3 N–H and O–H groups in total. The number of rotatable bonds is 7. The van der Waals surface area contributed by atoms with Crippen LogP contribution in [0.4, 0.5) is 5.69 Å². The lowest BCUT2D eigenvalue weighted by atomic mass is 10.1. The maximum Gasteiger partial charge on any atom is 0.212 e. The Morgan fingerprint density at radius 3 is 2.90 bits per heavy atom. The first-order valence-electron chi connectivity index (χ1n) is 6.59. The maximum atomic E-state index is 11.9. The van der Waals surface area contributed by atoms with E-state index >= 15 is 0 Å². The monoisotopic (exact) mass is 316 g/mol. The van der Waals surface area contributed by atoms with Gasteiger partial charge in [-0.05, 0) is 24.5 Å². The van der Waals surface area contributed by atoms with Crippen LogP contribution >= 0.6 is 11.8 Å². The van der Waals surface area contributed by atoms with Crippen molar-refractivity contribution in [2.24, 2.45) is 5.92 Å². The molecule has 0 spiro atoms. The third-order valence-corrected chi connectivity index (χ3v) is 5.84. The molecule has 112 valence electrons. The van der Waals surface area contributed by atoms with Gasteiger partial charge in [-0.25, -0.2) is 13.1 Å². The van der Waals surface area contributed by atoms with Crippen LogP contribution in [0.25, 0.3) is 0 Å². The number of anilines is 1. The molecule has 0 radical (unpaired) electrons. The molecule has 0 bridgehead atoms. The number of nitrogen functional groups attached to an aromatic ring is 1. The van der Waals surface area contributed by atoms with Gasteiger partial charge in [0.1, 0.15) is 0 Å². The van der Waals surface area contributed by atoms with Gasteiger partial charge >= 0.3 is 0 Å². The second-order valence-electron chi connectivity index (χ2n) is 4.78. The summed E-state index contributed by atoms with van der Waals surface area (Å²) in [4.78, 5) is 0.923. The predicted octanol–water partition coefficient (Wildman–Crippen LogP) is 1.32. The molecule has 0 amide bonds. The first-order valence-corrected chi connectivity index (χ1v) is 9.23. The van der Waals surface area contributed by atoms with Crippen LogP contribution in [0.3, 0.4) is 0 Å². The van der Waals surface area contributed by atoms with Crippen molar-refractivity contribution in [1.29, 1.82) is 0 Å². The minimum absolute atomic E-state index is 0.0968. The minimum Gasteiger partial charge on any atom is -0.398 e. The lowest BCUT2D eigenvalue weighted by molar-refractivity contribution is 0.186. The standard InChI is InChI=1S/C13H20N2O3S2/c14-12-3-1-2-4-13(12)19-7-8-20(16,17)15-9-11-5-6-18-10-11/h1-4,11,15H,5-10,14H2. The van der Waals surface area contributed by atoms with Crippen molar-refractivity contribution in [3.8, 4) is 0 Å². The highest BCUT2D eigenvalue weighted by Gasteiger charge is 2.18. The number of hydrogen-bond donors (Lipinski definition) is 2. The highest BCUT2D eigenvalue weighted by molar-refractivity contribution is 8.00. The molecule has 0 aromatic heterocycles. The summed E-state index contributed by atoms with van der Waals surface area (Å²) in [6.07, 6.45) is 0.928. The van der Waals surface area contributed by atoms with Gasteiger partial charge < -0.3 is 10.5 Å². The smallest absolute Gasteiger partial charge is 0.212 e. The summed E-state index contributed by atoms with van der Waals surface area (Å²) in [5.74, 6) is 0.895. The molecule has 1 atom stereocenters. The van der Waals surface area contributed by atoms with Crippen LogP contribution in [0.5, 0.6) is 0 Å². The summed E-state index contributed by atoms with van der Waals surface area (Å²) in [6.45, 7) is 1.85. The Bertz CT molecular complexity index is 528.